The lowest BCUT2D eigenvalue weighted by atomic mass is 9.93. The first kappa shape index (κ1) is 10.9. The molecular formula is C9H18N2OS. The molecule has 1 aliphatic rings. The lowest BCUT2D eigenvalue weighted by molar-refractivity contribution is -0.119. The maximum Gasteiger partial charge on any atom is 0.217 e. The van der Waals surface area contributed by atoms with E-state index in [0.717, 1.165) is 19.4 Å². The topological polar surface area (TPSA) is 46.3 Å². The van der Waals surface area contributed by atoms with E-state index in [4.69, 9.17) is 5.73 Å². The fraction of sp³-hybridized carbons (Fsp3) is 0.889. The zero-order chi connectivity index (χ0) is 9.84. The quantitative estimate of drug-likeness (QED) is 0.739. The molecule has 1 fully saturated rings. The highest BCUT2D eigenvalue weighted by Gasteiger charge is 2.25. The zero-order valence-corrected chi connectivity index (χ0v) is 9.14. The van der Waals surface area contributed by atoms with E-state index in [2.05, 4.69) is 18.2 Å². The molecular weight excluding hydrogens is 184 g/mol. The van der Waals surface area contributed by atoms with Crippen molar-refractivity contribution in [3.63, 3.8) is 0 Å². The minimum atomic E-state index is -0.158. The largest absolute Gasteiger partial charge is 0.370 e. The molecule has 0 aromatic rings. The van der Waals surface area contributed by atoms with Crippen molar-refractivity contribution in [1.29, 1.82) is 0 Å². The van der Waals surface area contributed by atoms with E-state index < -0.39 is 0 Å². The molecule has 2 N–H and O–H groups in total. The van der Waals surface area contributed by atoms with Crippen LogP contribution in [0.2, 0.25) is 0 Å². The van der Waals surface area contributed by atoms with Crippen LogP contribution < -0.4 is 5.73 Å². The molecule has 4 heteroatoms. The number of piperidine rings is 1. The number of hydrogen-bond acceptors (Lipinski definition) is 3. The molecule has 0 saturated carbocycles. The van der Waals surface area contributed by atoms with Crippen molar-refractivity contribution in [3.8, 4) is 0 Å². The van der Waals surface area contributed by atoms with Crippen LogP contribution in [-0.2, 0) is 4.79 Å². The predicted molar refractivity (Wildman–Crippen MR) is 56.5 cm³/mol. The fourth-order valence-electron chi connectivity index (χ4n) is 1.86. The summed E-state index contributed by atoms with van der Waals surface area (Å²) in [6.07, 6.45) is 4.88. The van der Waals surface area contributed by atoms with Gasteiger partial charge in [0.1, 0.15) is 0 Å². The van der Waals surface area contributed by atoms with Gasteiger partial charge in [0.2, 0.25) is 5.91 Å². The number of nitrogens with two attached hydrogens (primary N) is 1. The van der Waals surface area contributed by atoms with Gasteiger partial charge in [-0.25, -0.2) is 0 Å². The van der Waals surface area contributed by atoms with E-state index in [1.54, 1.807) is 0 Å². The Kier molecular flexibility index (Phi) is 4.06. The summed E-state index contributed by atoms with van der Waals surface area (Å²) in [5, 5.41) is 0.568. The molecule has 1 saturated heterocycles. The van der Waals surface area contributed by atoms with Gasteiger partial charge in [0.15, 0.2) is 0 Å². The van der Waals surface area contributed by atoms with Crippen LogP contribution in [0.4, 0.5) is 0 Å². The molecule has 1 aliphatic heterocycles. The Morgan fingerprint density at radius 3 is 2.92 bits per heavy atom. The van der Waals surface area contributed by atoms with Crippen molar-refractivity contribution in [1.82, 2.24) is 4.90 Å². The molecule has 0 aliphatic carbocycles. The smallest absolute Gasteiger partial charge is 0.217 e. The number of nitrogens with zero attached hydrogens (tertiary/aromatic N) is 1. The second-order valence-electron chi connectivity index (χ2n) is 3.73. The summed E-state index contributed by atoms with van der Waals surface area (Å²) in [5.41, 5.74) is 5.19. The Hall–Kier alpha value is -0.220. The zero-order valence-electron chi connectivity index (χ0n) is 8.32. The molecule has 3 nitrogen and oxygen atoms in total. The van der Waals surface area contributed by atoms with Crippen LogP contribution in [0.5, 0.6) is 0 Å². The molecule has 0 radical (unpaired) electrons. The minimum Gasteiger partial charge on any atom is -0.370 e. The van der Waals surface area contributed by atoms with Crippen LogP contribution in [0, 0.1) is 5.92 Å². The number of rotatable bonds is 3. The van der Waals surface area contributed by atoms with Crippen LogP contribution in [0.25, 0.3) is 0 Å². The van der Waals surface area contributed by atoms with E-state index >= 15 is 0 Å². The first-order chi connectivity index (χ1) is 6.13. The number of likely N-dealkylation sites (tertiary alicyclic amines) is 1. The fourth-order valence-corrected chi connectivity index (χ4v) is 2.79. The number of amides is 1. The summed E-state index contributed by atoms with van der Waals surface area (Å²) in [4.78, 5) is 13.1. The molecule has 1 rings (SSSR count). The van der Waals surface area contributed by atoms with Crippen LogP contribution in [0.15, 0.2) is 0 Å². The molecule has 2 atom stereocenters. The van der Waals surface area contributed by atoms with Crippen LogP contribution in [-0.4, -0.2) is 36.0 Å². The van der Waals surface area contributed by atoms with E-state index in [1.807, 2.05) is 11.8 Å². The Morgan fingerprint density at radius 1 is 1.69 bits per heavy atom. The van der Waals surface area contributed by atoms with Gasteiger partial charge in [0, 0.05) is 6.42 Å². The minimum absolute atomic E-state index is 0.158. The van der Waals surface area contributed by atoms with Gasteiger partial charge in [-0.15, -0.1) is 11.8 Å². The van der Waals surface area contributed by atoms with Crippen molar-refractivity contribution in [3.05, 3.63) is 0 Å². The Labute approximate surface area is 84.0 Å². The maximum absolute atomic E-state index is 10.7. The summed E-state index contributed by atoms with van der Waals surface area (Å²) in [5.74, 6) is 0.348. The molecule has 0 aromatic heterocycles. The Balaban J connectivity index is 2.40. The summed E-state index contributed by atoms with van der Waals surface area (Å²) in [6.45, 7) is 1.09. The van der Waals surface area contributed by atoms with Gasteiger partial charge < -0.3 is 5.73 Å². The van der Waals surface area contributed by atoms with Crippen LogP contribution in [0.1, 0.15) is 19.3 Å². The van der Waals surface area contributed by atoms with E-state index in [1.165, 1.54) is 0 Å². The van der Waals surface area contributed by atoms with Gasteiger partial charge >= 0.3 is 0 Å². The average Bonchev–Trinajstić information content (AvgIpc) is 2.07. The third kappa shape index (κ3) is 3.19. The second-order valence-corrected chi connectivity index (χ2v) is 4.75. The molecule has 76 valence electrons. The third-order valence-corrected chi connectivity index (χ3v) is 3.78. The normalized spacial score (nSPS) is 30.3. The molecule has 2 unspecified atom stereocenters. The molecule has 1 amide bonds. The molecule has 1 heterocycles. The average molecular weight is 202 g/mol. The second kappa shape index (κ2) is 4.86. The van der Waals surface area contributed by atoms with Crippen molar-refractivity contribution < 1.29 is 4.79 Å². The molecule has 0 spiro atoms. The highest BCUT2D eigenvalue weighted by molar-refractivity contribution is 7.99. The summed E-state index contributed by atoms with van der Waals surface area (Å²) in [7, 11) is 2.14. The summed E-state index contributed by atoms with van der Waals surface area (Å²) in [6, 6.07) is 0. The number of thioether (sulfide) groups is 1. The van der Waals surface area contributed by atoms with Gasteiger partial charge in [0.25, 0.3) is 0 Å². The van der Waals surface area contributed by atoms with Crippen molar-refractivity contribution >= 4 is 17.7 Å². The van der Waals surface area contributed by atoms with Gasteiger partial charge in [-0.1, -0.05) is 0 Å². The van der Waals surface area contributed by atoms with Crippen molar-refractivity contribution in [2.45, 2.75) is 24.6 Å². The van der Waals surface area contributed by atoms with E-state index in [9.17, 15) is 4.79 Å². The number of primary amides is 1. The van der Waals surface area contributed by atoms with Gasteiger partial charge in [-0.05, 0) is 38.6 Å². The number of carbonyl (C=O) groups is 1. The lowest BCUT2D eigenvalue weighted by Crippen LogP contribution is -2.38. The first-order valence-electron chi connectivity index (χ1n) is 4.64. The Morgan fingerprint density at radius 2 is 2.38 bits per heavy atom. The molecule has 0 bridgehead atoms. The monoisotopic (exact) mass is 202 g/mol. The van der Waals surface area contributed by atoms with E-state index in [-0.39, 0.29) is 5.91 Å². The van der Waals surface area contributed by atoms with Crippen LogP contribution in [0.3, 0.4) is 0 Å². The van der Waals surface area contributed by atoms with E-state index in [0.29, 0.717) is 17.7 Å². The highest BCUT2D eigenvalue weighted by atomic mass is 32.2. The summed E-state index contributed by atoms with van der Waals surface area (Å²) >= 11 is 1.86. The standard InChI is InChI=1S/C9H18N2OS/c1-11-4-3-7(5-8(10)12)6-9(11)13-2/h7,9H,3-6H2,1-2H3,(H2,10,12). The third-order valence-electron chi connectivity index (χ3n) is 2.68. The first-order valence-corrected chi connectivity index (χ1v) is 5.93. The Bertz CT molecular complexity index is 186. The highest BCUT2D eigenvalue weighted by Crippen LogP contribution is 2.29. The van der Waals surface area contributed by atoms with Crippen LogP contribution >= 0.6 is 11.8 Å². The van der Waals surface area contributed by atoms with Gasteiger partial charge in [-0.3, -0.25) is 9.69 Å². The lowest BCUT2D eigenvalue weighted by Gasteiger charge is -2.35. The van der Waals surface area contributed by atoms with Crippen molar-refractivity contribution in [2.75, 3.05) is 19.8 Å². The maximum atomic E-state index is 10.7. The van der Waals surface area contributed by atoms with Crippen molar-refractivity contribution in [2.24, 2.45) is 11.7 Å². The molecule has 0 aromatic carbocycles. The molecule has 13 heavy (non-hydrogen) atoms. The summed E-state index contributed by atoms with van der Waals surface area (Å²) < 4.78 is 0. The number of hydrogen-bond donors (Lipinski definition) is 1. The predicted octanol–water partition coefficient (Wildman–Crippen LogP) is 0.893. The van der Waals surface area contributed by atoms with Gasteiger partial charge in [-0.2, -0.15) is 0 Å². The SMILES string of the molecule is CSC1CC(CC(N)=O)CCN1C. The number of carbonyl (C=O) groups excluding carboxylic acids is 1. The van der Waals surface area contributed by atoms with Gasteiger partial charge in [0.05, 0.1) is 5.37 Å².